The molecule has 2 aromatic rings. The second-order valence-electron chi connectivity index (χ2n) is 10.1. The van der Waals surface area contributed by atoms with Crippen LogP contribution in [0.5, 0.6) is 0 Å². The lowest BCUT2D eigenvalue weighted by atomic mass is 9.83. The van der Waals surface area contributed by atoms with Crippen molar-refractivity contribution in [3.63, 3.8) is 0 Å². The van der Waals surface area contributed by atoms with E-state index >= 15 is 0 Å². The molecule has 1 saturated carbocycles. The SMILES string of the molecule is CNC(C)C(=O)N[C@H](C(=O)N1CCC[C@H]1c1cncc(-c2ccccc2C(F)(F)F)c1)C1CCCCC1. The van der Waals surface area contributed by atoms with Gasteiger partial charge < -0.3 is 15.5 Å². The fourth-order valence-corrected chi connectivity index (χ4v) is 5.58. The lowest BCUT2D eigenvalue weighted by Crippen LogP contribution is -2.55. The Morgan fingerprint density at radius 1 is 1.05 bits per heavy atom. The average Bonchev–Trinajstić information content (AvgIpc) is 3.41. The van der Waals surface area contributed by atoms with Crippen LogP contribution in [0.15, 0.2) is 42.7 Å². The van der Waals surface area contributed by atoms with Gasteiger partial charge in [-0.05, 0) is 68.8 Å². The largest absolute Gasteiger partial charge is 0.417 e. The van der Waals surface area contributed by atoms with Gasteiger partial charge in [0.2, 0.25) is 11.8 Å². The monoisotopic (exact) mass is 516 g/mol. The van der Waals surface area contributed by atoms with Crippen LogP contribution >= 0.6 is 0 Å². The molecule has 0 spiro atoms. The molecule has 1 aliphatic heterocycles. The maximum Gasteiger partial charge on any atom is 0.417 e. The average molecular weight is 517 g/mol. The number of rotatable bonds is 7. The van der Waals surface area contributed by atoms with Crippen LogP contribution in [0.4, 0.5) is 13.2 Å². The van der Waals surface area contributed by atoms with Crippen LogP contribution in [-0.2, 0) is 15.8 Å². The van der Waals surface area contributed by atoms with Crippen molar-refractivity contribution in [1.82, 2.24) is 20.5 Å². The highest BCUT2D eigenvalue weighted by Crippen LogP contribution is 2.39. The Morgan fingerprint density at radius 3 is 2.49 bits per heavy atom. The molecule has 0 radical (unpaired) electrons. The van der Waals surface area contributed by atoms with Gasteiger partial charge in [-0.15, -0.1) is 0 Å². The second kappa shape index (κ2) is 11.6. The number of hydrogen-bond acceptors (Lipinski definition) is 4. The summed E-state index contributed by atoms with van der Waals surface area (Å²) in [6.07, 6.45) is 4.99. The number of likely N-dealkylation sites (N-methyl/N-ethyl adjacent to an activating group) is 1. The van der Waals surface area contributed by atoms with E-state index in [1.807, 2.05) is 0 Å². The fourth-order valence-electron chi connectivity index (χ4n) is 5.58. The number of carbonyl (C=O) groups excluding carboxylic acids is 2. The number of nitrogens with one attached hydrogen (secondary N) is 2. The predicted octanol–water partition coefficient (Wildman–Crippen LogP) is 5.10. The molecule has 2 fully saturated rings. The lowest BCUT2D eigenvalue weighted by Gasteiger charge is -2.35. The van der Waals surface area contributed by atoms with Crippen molar-refractivity contribution in [2.45, 2.75) is 76.2 Å². The third-order valence-corrected chi connectivity index (χ3v) is 7.73. The van der Waals surface area contributed by atoms with Crippen LogP contribution in [0.25, 0.3) is 11.1 Å². The number of nitrogens with zero attached hydrogens (tertiary/aromatic N) is 2. The summed E-state index contributed by atoms with van der Waals surface area (Å²) in [6.45, 7) is 2.29. The highest BCUT2D eigenvalue weighted by molar-refractivity contribution is 5.90. The van der Waals surface area contributed by atoms with Gasteiger partial charge in [0.05, 0.1) is 17.6 Å². The summed E-state index contributed by atoms with van der Waals surface area (Å²) in [5.74, 6) is -0.264. The highest BCUT2D eigenvalue weighted by Gasteiger charge is 2.39. The van der Waals surface area contributed by atoms with E-state index < -0.39 is 23.8 Å². The van der Waals surface area contributed by atoms with Crippen LogP contribution in [0.2, 0.25) is 0 Å². The van der Waals surface area contributed by atoms with Crippen molar-refractivity contribution in [2.24, 2.45) is 5.92 Å². The van der Waals surface area contributed by atoms with Crippen LogP contribution in [0, 0.1) is 5.92 Å². The topological polar surface area (TPSA) is 74.3 Å². The second-order valence-corrected chi connectivity index (χ2v) is 10.1. The van der Waals surface area contributed by atoms with Gasteiger partial charge in [0.25, 0.3) is 0 Å². The first-order valence-electron chi connectivity index (χ1n) is 13.1. The molecule has 1 aromatic heterocycles. The molecule has 9 heteroatoms. The van der Waals surface area contributed by atoms with Gasteiger partial charge in [-0.1, -0.05) is 37.5 Å². The number of hydrogen-bond donors (Lipinski definition) is 2. The first-order chi connectivity index (χ1) is 17.7. The Bertz CT molecular complexity index is 1100. The summed E-state index contributed by atoms with van der Waals surface area (Å²) in [5.41, 5.74) is 0.419. The van der Waals surface area contributed by atoms with Gasteiger partial charge in [0.15, 0.2) is 0 Å². The van der Waals surface area contributed by atoms with E-state index in [0.717, 1.165) is 44.6 Å². The Labute approximate surface area is 216 Å². The van der Waals surface area contributed by atoms with Crippen molar-refractivity contribution in [3.8, 4) is 11.1 Å². The standard InChI is InChI=1S/C28H35F3N4O2/c1-18(32-2)26(36)34-25(19-9-4-3-5-10-19)27(37)35-14-8-13-24(35)21-15-20(16-33-17-21)22-11-6-7-12-23(22)28(29,30)31/h6-7,11-12,15-19,24-25,32H,3-5,8-10,13-14H2,1-2H3,(H,34,36)/t18?,24-,25-/m0/s1. The zero-order valence-corrected chi connectivity index (χ0v) is 21.4. The summed E-state index contributed by atoms with van der Waals surface area (Å²) >= 11 is 0. The normalized spacial score (nSPS) is 20.5. The van der Waals surface area contributed by atoms with E-state index in [9.17, 15) is 22.8 Å². The fraction of sp³-hybridized carbons (Fsp3) is 0.536. The third kappa shape index (κ3) is 6.14. The number of pyridine rings is 1. The summed E-state index contributed by atoms with van der Waals surface area (Å²) in [6, 6.07) is 5.82. The van der Waals surface area contributed by atoms with Crippen LogP contribution in [0.1, 0.15) is 69.0 Å². The maximum atomic E-state index is 13.9. The Morgan fingerprint density at radius 2 is 1.78 bits per heavy atom. The Kier molecular flexibility index (Phi) is 8.52. The molecule has 2 N–H and O–H groups in total. The van der Waals surface area contributed by atoms with E-state index in [1.165, 1.54) is 18.3 Å². The summed E-state index contributed by atoms with van der Waals surface area (Å²) in [5, 5.41) is 5.94. The van der Waals surface area contributed by atoms with Gasteiger partial charge in [-0.2, -0.15) is 13.2 Å². The minimum atomic E-state index is -4.49. The first kappa shape index (κ1) is 27.1. The first-order valence-corrected chi connectivity index (χ1v) is 13.1. The van der Waals surface area contributed by atoms with Crippen molar-refractivity contribution in [2.75, 3.05) is 13.6 Å². The van der Waals surface area contributed by atoms with Gasteiger partial charge in [0, 0.05) is 24.5 Å². The molecular weight excluding hydrogens is 481 g/mol. The van der Waals surface area contributed by atoms with Crippen molar-refractivity contribution in [3.05, 3.63) is 53.9 Å². The number of amides is 2. The van der Waals surface area contributed by atoms with E-state index in [2.05, 4.69) is 15.6 Å². The quantitative estimate of drug-likeness (QED) is 0.537. The van der Waals surface area contributed by atoms with Crippen molar-refractivity contribution >= 4 is 11.8 Å². The molecule has 4 rings (SSSR count). The minimum absolute atomic E-state index is 0.0635. The van der Waals surface area contributed by atoms with Gasteiger partial charge in [-0.25, -0.2) is 0 Å². The molecule has 2 heterocycles. The van der Waals surface area contributed by atoms with E-state index in [0.29, 0.717) is 24.1 Å². The molecule has 2 amide bonds. The van der Waals surface area contributed by atoms with Crippen molar-refractivity contribution in [1.29, 1.82) is 0 Å². The molecule has 200 valence electrons. The summed E-state index contributed by atoms with van der Waals surface area (Å²) in [4.78, 5) is 32.8. The lowest BCUT2D eigenvalue weighted by molar-refractivity contribution is -0.139. The minimum Gasteiger partial charge on any atom is -0.343 e. The highest BCUT2D eigenvalue weighted by atomic mass is 19.4. The molecule has 1 aliphatic carbocycles. The molecule has 1 aromatic carbocycles. The predicted molar refractivity (Wildman–Crippen MR) is 135 cm³/mol. The molecule has 0 bridgehead atoms. The molecule has 37 heavy (non-hydrogen) atoms. The van der Waals surface area contributed by atoms with E-state index in [1.54, 1.807) is 37.2 Å². The Hall–Kier alpha value is -2.94. The van der Waals surface area contributed by atoms with E-state index in [-0.39, 0.29) is 29.3 Å². The van der Waals surface area contributed by atoms with E-state index in [4.69, 9.17) is 0 Å². The molecule has 3 atom stereocenters. The molecular formula is C28H35F3N4O2. The number of aromatic nitrogens is 1. The van der Waals surface area contributed by atoms with Crippen LogP contribution in [-0.4, -0.2) is 47.4 Å². The summed E-state index contributed by atoms with van der Waals surface area (Å²) < 4.78 is 40.9. The smallest absolute Gasteiger partial charge is 0.343 e. The third-order valence-electron chi connectivity index (χ3n) is 7.73. The number of benzene rings is 1. The maximum absolute atomic E-state index is 13.9. The number of likely N-dealkylation sites (tertiary alicyclic amines) is 1. The zero-order valence-electron chi connectivity index (χ0n) is 21.4. The molecule has 1 unspecified atom stereocenters. The van der Waals surface area contributed by atoms with Gasteiger partial charge >= 0.3 is 6.18 Å². The van der Waals surface area contributed by atoms with Crippen LogP contribution in [0.3, 0.4) is 0 Å². The van der Waals surface area contributed by atoms with Gasteiger partial charge in [0.1, 0.15) is 6.04 Å². The van der Waals surface area contributed by atoms with Gasteiger partial charge in [-0.3, -0.25) is 14.6 Å². The number of halogens is 3. The Balaban J connectivity index is 1.62. The van der Waals surface area contributed by atoms with Crippen LogP contribution < -0.4 is 10.6 Å². The number of alkyl halides is 3. The molecule has 1 saturated heterocycles. The summed E-state index contributed by atoms with van der Waals surface area (Å²) in [7, 11) is 1.70. The molecule has 2 aliphatic rings. The zero-order chi connectivity index (χ0) is 26.6. The number of carbonyl (C=O) groups is 2. The molecule has 6 nitrogen and oxygen atoms in total. The van der Waals surface area contributed by atoms with Crippen molar-refractivity contribution < 1.29 is 22.8 Å².